The van der Waals surface area contributed by atoms with Crippen LogP contribution in [0.15, 0.2) is 24.3 Å². The molecule has 0 aromatic heterocycles. The van der Waals surface area contributed by atoms with Crippen molar-refractivity contribution in [1.29, 1.82) is 0 Å². The van der Waals surface area contributed by atoms with Crippen LogP contribution in [0, 0.1) is 35.5 Å². The van der Waals surface area contributed by atoms with Crippen LogP contribution in [0.25, 0.3) is 0 Å². The number of rotatable bonds is 1. The van der Waals surface area contributed by atoms with Crippen LogP contribution in [-0.4, -0.2) is 0 Å². The number of hydrogen-bond donors (Lipinski definition) is 0. The Morgan fingerprint density at radius 3 is 2.38 bits per heavy atom. The molecule has 16 heavy (non-hydrogen) atoms. The highest BCUT2D eigenvalue weighted by molar-refractivity contribution is 5.25. The second kappa shape index (κ2) is 3.48. The molecule has 4 aliphatic rings. The Kier molecular flexibility index (Phi) is 2.07. The molecule has 0 aromatic rings. The molecule has 5 atom stereocenters. The first kappa shape index (κ1) is 9.50. The van der Waals surface area contributed by atoms with Crippen molar-refractivity contribution in [2.24, 2.45) is 35.5 Å². The molecule has 0 N–H and O–H groups in total. The summed E-state index contributed by atoms with van der Waals surface area (Å²) < 4.78 is 0. The summed E-state index contributed by atoms with van der Waals surface area (Å²) in [6.07, 6.45) is 19.1. The van der Waals surface area contributed by atoms with Crippen LogP contribution in [0.4, 0.5) is 0 Å². The topological polar surface area (TPSA) is 0 Å². The van der Waals surface area contributed by atoms with Gasteiger partial charge in [0.25, 0.3) is 0 Å². The van der Waals surface area contributed by atoms with E-state index in [1.54, 1.807) is 0 Å². The average Bonchev–Trinajstić information content (AvgIpc) is 3.02. The lowest BCUT2D eigenvalue weighted by Crippen LogP contribution is -2.23. The fourth-order valence-electron chi connectivity index (χ4n) is 5.25. The first-order chi connectivity index (χ1) is 7.95. The summed E-state index contributed by atoms with van der Waals surface area (Å²) in [7, 11) is 0. The Morgan fingerprint density at radius 2 is 1.56 bits per heavy atom. The van der Waals surface area contributed by atoms with Crippen molar-refractivity contribution in [1.82, 2.24) is 0 Å². The molecule has 2 fully saturated rings. The minimum Gasteiger partial charge on any atom is -0.0879 e. The zero-order valence-corrected chi connectivity index (χ0v) is 10.0. The summed E-state index contributed by atoms with van der Waals surface area (Å²) in [6, 6.07) is 0. The second-order valence-corrected chi connectivity index (χ2v) is 6.42. The predicted molar refractivity (Wildman–Crippen MR) is 66.9 cm³/mol. The van der Waals surface area contributed by atoms with Crippen LogP contribution in [0.5, 0.6) is 0 Å². The summed E-state index contributed by atoms with van der Waals surface area (Å²) in [5.41, 5.74) is 0. The average molecular weight is 214 g/mol. The third kappa shape index (κ3) is 1.16. The van der Waals surface area contributed by atoms with Crippen molar-refractivity contribution in [3.8, 4) is 0 Å². The van der Waals surface area contributed by atoms with Gasteiger partial charge in [-0.1, -0.05) is 56.4 Å². The van der Waals surface area contributed by atoms with Gasteiger partial charge in [0.15, 0.2) is 0 Å². The van der Waals surface area contributed by atoms with Gasteiger partial charge < -0.3 is 0 Å². The number of fused-ring (bicyclic) bond motifs is 5. The van der Waals surface area contributed by atoms with Gasteiger partial charge in [0, 0.05) is 0 Å². The van der Waals surface area contributed by atoms with Crippen LogP contribution in [0.3, 0.4) is 0 Å². The molecule has 4 rings (SSSR count). The Hall–Kier alpha value is -0.520. The van der Waals surface area contributed by atoms with Gasteiger partial charge in [-0.2, -0.15) is 0 Å². The Labute approximate surface area is 98.8 Å². The monoisotopic (exact) mass is 214 g/mol. The molecule has 0 aliphatic heterocycles. The summed E-state index contributed by atoms with van der Waals surface area (Å²) >= 11 is 0. The molecule has 0 spiro atoms. The van der Waals surface area contributed by atoms with E-state index in [9.17, 15) is 0 Å². The van der Waals surface area contributed by atoms with E-state index in [1.165, 1.54) is 38.5 Å². The molecule has 0 heterocycles. The minimum atomic E-state index is 0.928. The maximum atomic E-state index is 2.58. The number of allylic oxidation sites excluding steroid dienone is 4. The highest BCUT2D eigenvalue weighted by Crippen LogP contribution is 2.60. The van der Waals surface area contributed by atoms with Crippen LogP contribution in [-0.2, 0) is 0 Å². The number of hydrogen-bond acceptors (Lipinski definition) is 0. The van der Waals surface area contributed by atoms with Crippen molar-refractivity contribution in [3.63, 3.8) is 0 Å². The van der Waals surface area contributed by atoms with E-state index in [2.05, 4.69) is 24.3 Å². The molecule has 0 saturated heterocycles. The fourth-order valence-corrected chi connectivity index (χ4v) is 5.25. The van der Waals surface area contributed by atoms with Gasteiger partial charge in [-0.25, -0.2) is 0 Å². The third-order valence-corrected chi connectivity index (χ3v) is 5.84. The molecule has 86 valence electrons. The smallest absolute Gasteiger partial charge is 0.0130 e. The van der Waals surface area contributed by atoms with Crippen molar-refractivity contribution >= 4 is 0 Å². The van der Waals surface area contributed by atoms with Crippen LogP contribution in [0.2, 0.25) is 0 Å². The molecule has 0 aromatic carbocycles. The van der Waals surface area contributed by atoms with E-state index < -0.39 is 0 Å². The largest absolute Gasteiger partial charge is 0.0879 e. The molecule has 2 bridgehead atoms. The standard InChI is InChI=1S/C16H22/c1-2-5-11(6-3-1)16-14-9-10-15(16)13-8-4-7-12(13)14/h4,7,9-16H,1-3,5-6,8H2. The minimum absolute atomic E-state index is 0.928. The highest BCUT2D eigenvalue weighted by atomic mass is 14.6. The zero-order valence-electron chi connectivity index (χ0n) is 10.0. The maximum absolute atomic E-state index is 2.58. The second-order valence-electron chi connectivity index (χ2n) is 6.42. The Morgan fingerprint density at radius 1 is 0.750 bits per heavy atom. The van der Waals surface area contributed by atoms with Gasteiger partial charge in [-0.3, -0.25) is 0 Å². The van der Waals surface area contributed by atoms with E-state index in [-0.39, 0.29) is 0 Å². The van der Waals surface area contributed by atoms with Crippen molar-refractivity contribution in [3.05, 3.63) is 24.3 Å². The van der Waals surface area contributed by atoms with E-state index >= 15 is 0 Å². The lowest BCUT2D eigenvalue weighted by atomic mass is 9.73. The lowest BCUT2D eigenvalue weighted by Gasteiger charge is -2.31. The molecular weight excluding hydrogens is 192 g/mol. The SMILES string of the molecule is C1=CC2C3C=CC(C2C1)C3C1CCCCC1. The van der Waals surface area contributed by atoms with Crippen LogP contribution >= 0.6 is 0 Å². The first-order valence-corrected chi connectivity index (χ1v) is 7.30. The van der Waals surface area contributed by atoms with Crippen molar-refractivity contribution in [2.45, 2.75) is 38.5 Å². The molecule has 0 heteroatoms. The first-order valence-electron chi connectivity index (χ1n) is 7.30. The summed E-state index contributed by atoms with van der Waals surface area (Å²) in [5.74, 6) is 5.92. The fraction of sp³-hybridized carbons (Fsp3) is 0.750. The molecule has 2 saturated carbocycles. The normalized spacial score (nSPS) is 50.1. The summed E-state index contributed by atoms with van der Waals surface area (Å²) in [6.45, 7) is 0. The molecular formula is C16H22. The van der Waals surface area contributed by atoms with Gasteiger partial charge in [0.05, 0.1) is 0 Å². The van der Waals surface area contributed by atoms with E-state index in [1.807, 2.05) is 0 Å². The molecule has 4 aliphatic carbocycles. The molecule has 0 radical (unpaired) electrons. The van der Waals surface area contributed by atoms with Gasteiger partial charge in [0.2, 0.25) is 0 Å². The van der Waals surface area contributed by atoms with Crippen molar-refractivity contribution < 1.29 is 0 Å². The Balaban J connectivity index is 1.60. The quantitative estimate of drug-likeness (QED) is 0.574. The lowest BCUT2D eigenvalue weighted by molar-refractivity contribution is 0.198. The molecule has 0 nitrogen and oxygen atoms in total. The molecule has 5 unspecified atom stereocenters. The van der Waals surface area contributed by atoms with Crippen LogP contribution < -0.4 is 0 Å². The van der Waals surface area contributed by atoms with Crippen LogP contribution in [0.1, 0.15) is 38.5 Å². The summed E-state index contributed by atoms with van der Waals surface area (Å²) in [4.78, 5) is 0. The van der Waals surface area contributed by atoms with E-state index in [4.69, 9.17) is 0 Å². The highest BCUT2D eigenvalue weighted by Gasteiger charge is 2.53. The van der Waals surface area contributed by atoms with E-state index in [0.29, 0.717) is 0 Å². The van der Waals surface area contributed by atoms with Gasteiger partial charge in [-0.15, -0.1) is 0 Å². The van der Waals surface area contributed by atoms with E-state index in [0.717, 1.165) is 35.5 Å². The summed E-state index contributed by atoms with van der Waals surface area (Å²) in [5, 5.41) is 0. The Bertz CT molecular complexity index is 332. The van der Waals surface area contributed by atoms with Gasteiger partial charge in [-0.05, 0) is 41.9 Å². The van der Waals surface area contributed by atoms with Crippen molar-refractivity contribution in [2.75, 3.05) is 0 Å². The maximum Gasteiger partial charge on any atom is -0.0130 e. The zero-order chi connectivity index (χ0) is 10.5. The van der Waals surface area contributed by atoms with Gasteiger partial charge >= 0.3 is 0 Å². The third-order valence-electron chi connectivity index (χ3n) is 5.84. The van der Waals surface area contributed by atoms with Gasteiger partial charge in [0.1, 0.15) is 0 Å². The molecule has 0 amide bonds. The predicted octanol–water partition coefficient (Wildman–Crippen LogP) is 4.19.